The fourth-order valence-electron chi connectivity index (χ4n) is 7.79. The molecule has 0 unspecified atom stereocenters. The third-order valence-corrected chi connectivity index (χ3v) is 10.0. The number of hydrogen-bond donors (Lipinski definition) is 6. The van der Waals surface area contributed by atoms with E-state index < -0.39 is 43.4 Å². The maximum atomic E-state index is 10.5. The molecule has 1 saturated heterocycles. The Hall–Kier alpha value is -0.580. The van der Waals surface area contributed by atoms with Gasteiger partial charge in [-0.25, -0.2) is 0 Å². The van der Waals surface area contributed by atoms with Crippen LogP contribution in [0.2, 0.25) is 0 Å². The highest BCUT2D eigenvalue weighted by Crippen LogP contribution is 2.64. The zero-order valence-electron chi connectivity index (χ0n) is 20.9. The number of hydrogen-bond acceptors (Lipinski definition) is 8. The van der Waals surface area contributed by atoms with E-state index in [2.05, 4.69) is 26.8 Å². The number of rotatable bonds is 5. The predicted molar refractivity (Wildman–Crippen MR) is 124 cm³/mol. The van der Waals surface area contributed by atoms with E-state index in [0.29, 0.717) is 11.8 Å². The molecule has 4 rings (SSSR count). The van der Waals surface area contributed by atoms with E-state index >= 15 is 0 Å². The Balaban J connectivity index is 1.53. The van der Waals surface area contributed by atoms with Gasteiger partial charge in [0, 0.05) is 5.41 Å². The maximum absolute atomic E-state index is 10.5. The Morgan fingerprint density at radius 1 is 1.00 bits per heavy atom. The molecule has 1 heterocycles. The quantitative estimate of drug-likeness (QED) is 0.252. The average molecular weight is 485 g/mol. The first-order valence-corrected chi connectivity index (χ1v) is 12.9. The van der Waals surface area contributed by atoms with Crippen LogP contribution in [0.5, 0.6) is 0 Å². The van der Waals surface area contributed by atoms with E-state index in [-0.39, 0.29) is 29.0 Å². The fraction of sp³-hybridized carbons (Fsp3) is 0.923. The molecule has 0 aromatic heterocycles. The lowest BCUT2D eigenvalue weighted by molar-refractivity contribution is -0.327. The number of fused-ring (bicyclic) bond motifs is 3. The van der Waals surface area contributed by atoms with Gasteiger partial charge in [0.15, 0.2) is 6.29 Å². The summed E-state index contributed by atoms with van der Waals surface area (Å²) >= 11 is 0. The normalized spacial score (nSPS) is 49.5. The third-order valence-electron chi connectivity index (χ3n) is 10.0. The van der Waals surface area contributed by atoms with Crippen molar-refractivity contribution >= 4 is 0 Å². The second kappa shape index (κ2) is 9.38. The maximum Gasteiger partial charge on any atom is 0.186 e. The molecule has 1 aliphatic heterocycles. The molecule has 2 saturated carbocycles. The van der Waals surface area contributed by atoms with Crippen LogP contribution >= 0.6 is 0 Å². The van der Waals surface area contributed by atoms with Gasteiger partial charge in [0.1, 0.15) is 24.4 Å². The summed E-state index contributed by atoms with van der Waals surface area (Å²) in [6.07, 6.45) is 0.468. The molecule has 8 nitrogen and oxygen atoms in total. The lowest BCUT2D eigenvalue weighted by Gasteiger charge is -2.62. The van der Waals surface area contributed by atoms with Crippen LogP contribution in [0.3, 0.4) is 0 Å². The van der Waals surface area contributed by atoms with Crippen molar-refractivity contribution in [3.05, 3.63) is 11.6 Å². The first kappa shape index (κ1) is 26.5. The highest BCUT2D eigenvalue weighted by atomic mass is 16.7. The molecule has 4 aliphatic rings. The summed E-state index contributed by atoms with van der Waals surface area (Å²) in [4.78, 5) is 0. The van der Waals surface area contributed by atoms with Crippen molar-refractivity contribution in [2.24, 2.45) is 28.1 Å². The van der Waals surface area contributed by atoms with Gasteiger partial charge in [0.25, 0.3) is 0 Å². The largest absolute Gasteiger partial charge is 0.394 e. The van der Waals surface area contributed by atoms with Crippen molar-refractivity contribution in [3.8, 4) is 0 Å². The van der Waals surface area contributed by atoms with Crippen LogP contribution in [0.25, 0.3) is 0 Å². The van der Waals surface area contributed by atoms with E-state index in [4.69, 9.17) is 9.47 Å². The average Bonchev–Trinajstić information content (AvgIpc) is 2.80. The molecule has 0 spiro atoms. The predicted octanol–water partition coefficient (Wildman–Crippen LogP) is 1.10. The SMILES string of the molecule is CC1(C)[C@H]2CCC3=C[C@@](C)([C@H](O)CO)CC[C@H]3[C@]2(C)CC[C@H]1O[C@@H]1O[C@H](CO)[C@@H](O)[C@H](O)[C@H]1O. The molecular weight excluding hydrogens is 440 g/mol. The number of ether oxygens (including phenoxy) is 2. The summed E-state index contributed by atoms with van der Waals surface area (Å²) in [5.74, 6) is 0.801. The van der Waals surface area contributed by atoms with Crippen molar-refractivity contribution < 1.29 is 40.1 Å². The minimum atomic E-state index is -1.44. The van der Waals surface area contributed by atoms with Gasteiger partial charge < -0.3 is 40.1 Å². The van der Waals surface area contributed by atoms with Crippen LogP contribution in [0.1, 0.15) is 66.2 Å². The van der Waals surface area contributed by atoms with Crippen molar-refractivity contribution in [1.29, 1.82) is 0 Å². The molecule has 11 atom stereocenters. The van der Waals surface area contributed by atoms with E-state index in [1.807, 2.05) is 6.92 Å². The van der Waals surface area contributed by atoms with Gasteiger partial charge in [0.2, 0.25) is 0 Å². The lowest BCUT2D eigenvalue weighted by atomic mass is 9.45. The van der Waals surface area contributed by atoms with Crippen molar-refractivity contribution in [2.45, 2.75) is 109 Å². The van der Waals surface area contributed by atoms with Crippen molar-refractivity contribution in [3.63, 3.8) is 0 Å². The number of aliphatic hydroxyl groups excluding tert-OH is 6. The van der Waals surface area contributed by atoms with Crippen LogP contribution in [0.4, 0.5) is 0 Å². The Labute approximate surface area is 202 Å². The molecule has 0 aromatic rings. The van der Waals surface area contributed by atoms with E-state index in [1.165, 1.54) is 5.57 Å². The number of allylic oxidation sites excluding steroid dienone is 1. The standard InChI is InChI=1S/C26H44O8/c1-24(2)17-6-5-14-11-25(3,18(29)13-28)9-7-15(14)26(17,4)10-8-19(24)34-23-22(32)21(31)20(30)16(12-27)33-23/h11,15-23,27-32H,5-10,12-13H2,1-4H3/t15-,16-,17-,18-,19-,20-,21+,22-,23+,25+,26+/m1/s1. The van der Waals surface area contributed by atoms with Crippen LogP contribution in [0.15, 0.2) is 11.6 Å². The highest BCUT2D eigenvalue weighted by Gasteiger charge is 2.59. The summed E-state index contributed by atoms with van der Waals surface area (Å²) < 4.78 is 11.9. The molecular formula is C26H44O8. The van der Waals surface area contributed by atoms with Gasteiger partial charge in [0.05, 0.1) is 25.4 Å². The zero-order chi connectivity index (χ0) is 25.1. The van der Waals surface area contributed by atoms with Crippen LogP contribution in [-0.4, -0.2) is 86.8 Å². The van der Waals surface area contributed by atoms with Crippen LogP contribution in [-0.2, 0) is 9.47 Å². The highest BCUT2D eigenvalue weighted by molar-refractivity contribution is 5.25. The lowest BCUT2D eigenvalue weighted by Crippen LogP contribution is -2.62. The fourth-order valence-corrected chi connectivity index (χ4v) is 7.79. The topological polar surface area (TPSA) is 140 Å². The Morgan fingerprint density at radius 2 is 1.71 bits per heavy atom. The van der Waals surface area contributed by atoms with E-state index in [9.17, 15) is 30.6 Å². The van der Waals surface area contributed by atoms with Gasteiger partial charge in [-0.05, 0) is 61.2 Å². The van der Waals surface area contributed by atoms with E-state index in [1.54, 1.807) is 0 Å². The minimum absolute atomic E-state index is 0.0777. The summed E-state index contributed by atoms with van der Waals surface area (Å²) in [5.41, 5.74) is 0.879. The molecule has 3 aliphatic carbocycles. The van der Waals surface area contributed by atoms with Gasteiger partial charge in [-0.3, -0.25) is 0 Å². The molecule has 6 N–H and O–H groups in total. The molecule has 196 valence electrons. The zero-order valence-corrected chi connectivity index (χ0v) is 20.9. The Morgan fingerprint density at radius 3 is 2.35 bits per heavy atom. The Kier molecular flexibility index (Phi) is 7.30. The second-order valence-electron chi connectivity index (χ2n) is 12.3. The summed E-state index contributed by atoms with van der Waals surface area (Å²) in [6, 6.07) is 0. The first-order chi connectivity index (χ1) is 15.9. The molecule has 0 radical (unpaired) electrons. The second-order valence-corrected chi connectivity index (χ2v) is 12.3. The Bertz CT molecular complexity index is 768. The van der Waals surface area contributed by atoms with Gasteiger partial charge in [-0.2, -0.15) is 0 Å². The number of aliphatic hydroxyl groups is 6. The van der Waals surface area contributed by atoms with Crippen molar-refractivity contribution in [1.82, 2.24) is 0 Å². The van der Waals surface area contributed by atoms with E-state index in [0.717, 1.165) is 38.5 Å². The third kappa shape index (κ3) is 4.18. The summed E-state index contributed by atoms with van der Waals surface area (Å²) in [5, 5.41) is 60.2. The monoisotopic (exact) mass is 484 g/mol. The molecule has 0 bridgehead atoms. The molecule has 0 aromatic carbocycles. The van der Waals surface area contributed by atoms with Crippen molar-refractivity contribution in [2.75, 3.05) is 13.2 Å². The molecule has 3 fully saturated rings. The van der Waals surface area contributed by atoms with Gasteiger partial charge in [-0.15, -0.1) is 0 Å². The molecule has 0 amide bonds. The first-order valence-electron chi connectivity index (χ1n) is 12.9. The van der Waals surface area contributed by atoms with Crippen LogP contribution in [0, 0.1) is 28.1 Å². The summed E-state index contributed by atoms with van der Waals surface area (Å²) in [7, 11) is 0. The van der Waals surface area contributed by atoms with Gasteiger partial charge >= 0.3 is 0 Å². The van der Waals surface area contributed by atoms with Crippen LogP contribution < -0.4 is 0 Å². The molecule has 34 heavy (non-hydrogen) atoms. The summed E-state index contributed by atoms with van der Waals surface area (Å²) in [6.45, 7) is 8.14. The van der Waals surface area contributed by atoms with Gasteiger partial charge in [-0.1, -0.05) is 39.3 Å². The molecule has 8 heteroatoms. The minimum Gasteiger partial charge on any atom is -0.394 e. The smallest absolute Gasteiger partial charge is 0.186 e.